The Balaban J connectivity index is 1.53. The van der Waals surface area contributed by atoms with Crippen molar-refractivity contribution in [3.8, 4) is 5.69 Å². The third kappa shape index (κ3) is 4.33. The number of rotatable bonds is 7. The molecule has 8 heteroatoms. The summed E-state index contributed by atoms with van der Waals surface area (Å²) in [6.07, 6.45) is 0. The standard InChI is InChI=1S/C27H25N5O2S/c1-3-30(17-20-12-5-4-6-13-20)24(33)18-35-27-29-28-26-31(22-15-9-7-11-19(22)2)25(34)21-14-8-10-16-23(21)32(26)27/h4-16H,3,17-18H2,1-2H3. The fourth-order valence-corrected chi connectivity index (χ4v) is 5.04. The summed E-state index contributed by atoms with van der Waals surface area (Å²) in [4.78, 5) is 28.4. The molecule has 3 aromatic carbocycles. The first-order chi connectivity index (χ1) is 17.1. The monoisotopic (exact) mass is 483 g/mol. The molecule has 0 atom stereocenters. The number of amides is 1. The van der Waals surface area contributed by atoms with E-state index in [-0.39, 0.29) is 17.2 Å². The highest BCUT2D eigenvalue weighted by molar-refractivity contribution is 7.99. The minimum atomic E-state index is -0.151. The van der Waals surface area contributed by atoms with Crippen LogP contribution in [0.25, 0.3) is 22.4 Å². The van der Waals surface area contributed by atoms with Crippen LogP contribution in [-0.4, -0.2) is 42.3 Å². The Labute approximate surface area is 207 Å². The van der Waals surface area contributed by atoms with Gasteiger partial charge in [-0.15, -0.1) is 10.2 Å². The second kappa shape index (κ2) is 9.76. The summed E-state index contributed by atoms with van der Waals surface area (Å²) in [5.41, 5.74) is 3.37. The predicted octanol–water partition coefficient (Wildman–Crippen LogP) is 4.48. The van der Waals surface area contributed by atoms with Gasteiger partial charge in [0.25, 0.3) is 5.56 Å². The Morgan fingerprint density at radius 3 is 2.43 bits per heavy atom. The average Bonchev–Trinajstić information content (AvgIpc) is 3.31. The maximum absolute atomic E-state index is 13.5. The number of para-hydroxylation sites is 2. The molecule has 2 heterocycles. The van der Waals surface area contributed by atoms with Gasteiger partial charge in [-0.05, 0) is 43.2 Å². The largest absolute Gasteiger partial charge is 0.338 e. The number of fused-ring (bicyclic) bond motifs is 3. The minimum absolute atomic E-state index is 0.0228. The molecule has 0 saturated heterocycles. The number of hydrogen-bond acceptors (Lipinski definition) is 5. The van der Waals surface area contributed by atoms with Gasteiger partial charge in [0.1, 0.15) is 0 Å². The van der Waals surface area contributed by atoms with Gasteiger partial charge in [-0.2, -0.15) is 0 Å². The summed E-state index contributed by atoms with van der Waals surface area (Å²) in [6, 6.07) is 25.1. The van der Waals surface area contributed by atoms with Crippen molar-refractivity contribution in [2.24, 2.45) is 0 Å². The SMILES string of the molecule is CCN(Cc1ccccc1)C(=O)CSc1nnc2n(-c3ccccc3C)c(=O)c3ccccc3n12. The van der Waals surface area contributed by atoms with Crippen LogP contribution in [0.5, 0.6) is 0 Å². The second-order valence-electron chi connectivity index (χ2n) is 8.24. The highest BCUT2D eigenvalue weighted by Crippen LogP contribution is 2.24. The first kappa shape index (κ1) is 22.9. The lowest BCUT2D eigenvalue weighted by Gasteiger charge is -2.20. The van der Waals surface area contributed by atoms with Gasteiger partial charge in [0.2, 0.25) is 11.7 Å². The Kier molecular flexibility index (Phi) is 6.37. The van der Waals surface area contributed by atoms with Gasteiger partial charge in [0, 0.05) is 13.1 Å². The van der Waals surface area contributed by atoms with Crippen LogP contribution in [0.4, 0.5) is 0 Å². The maximum Gasteiger partial charge on any atom is 0.267 e. The van der Waals surface area contributed by atoms with Gasteiger partial charge in [0.05, 0.1) is 22.3 Å². The van der Waals surface area contributed by atoms with Gasteiger partial charge in [-0.1, -0.05) is 72.4 Å². The highest BCUT2D eigenvalue weighted by atomic mass is 32.2. The third-order valence-corrected chi connectivity index (χ3v) is 6.94. The highest BCUT2D eigenvalue weighted by Gasteiger charge is 2.20. The molecule has 0 aliphatic rings. The van der Waals surface area contributed by atoms with Crippen molar-refractivity contribution in [3.63, 3.8) is 0 Å². The maximum atomic E-state index is 13.5. The number of aromatic nitrogens is 4. The summed E-state index contributed by atoms with van der Waals surface area (Å²) < 4.78 is 3.47. The molecule has 176 valence electrons. The fraction of sp³-hybridized carbons (Fsp3) is 0.185. The first-order valence-corrected chi connectivity index (χ1v) is 12.5. The van der Waals surface area contributed by atoms with Crippen LogP contribution in [0.15, 0.2) is 88.8 Å². The molecular formula is C27H25N5O2S. The van der Waals surface area contributed by atoms with E-state index in [1.165, 1.54) is 11.8 Å². The number of nitrogens with zero attached hydrogens (tertiary/aromatic N) is 5. The van der Waals surface area contributed by atoms with Crippen molar-refractivity contribution in [2.75, 3.05) is 12.3 Å². The van der Waals surface area contributed by atoms with Crippen LogP contribution in [0.3, 0.4) is 0 Å². The molecule has 0 bridgehead atoms. The quantitative estimate of drug-likeness (QED) is 0.319. The molecule has 0 fully saturated rings. The van der Waals surface area contributed by atoms with Gasteiger partial charge < -0.3 is 4.90 Å². The normalized spacial score (nSPS) is 11.3. The number of carbonyl (C=O) groups excluding carboxylic acids is 1. The average molecular weight is 484 g/mol. The van der Waals surface area contributed by atoms with E-state index >= 15 is 0 Å². The summed E-state index contributed by atoms with van der Waals surface area (Å²) in [6.45, 7) is 5.12. The summed E-state index contributed by atoms with van der Waals surface area (Å²) in [7, 11) is 0. The van der Waals surface area contributed by atoms with Gasteiger partial charge >= 0.3 is 0 Å². The molecule has 0 saturated carbocycles. The lowest BCUT2D eigenvalue weighted by atomic mass is 10.2. The lowest BCUT2D eigenvalue weighted by molar-refractivity contribution is -0.128. The molecule has 0 aliphatic carbocycles. The summed E-state index contributed by atoms with van der Waals surface area (Å²) >= 11 is 1.33. The van der Waals surface area contributed by atoms with E-state index in [1.807, 2.05) is 102 Å². The molecule has 5 rings (SSSR count). The number of hydrogen-bond donors (Lipinski definition) is 0. The molecule has 35 heavy (non-hydrogen) atoms. The second-order valence-corrected chi connectivity index (χ2v) is 9.19. The fourth-order valence-electron chi connectivity index (χ4n) is 4.20. The van der Waals surface area contributed by atoms with Crippen molar-refractivity contribution in [1.82, 2.24) is 24.1 Å². The van der Waals surface area contributed by atoms with E-state index in [4.69, 9.17) is 0 Å². The smallest absolute Gasteiger partial charge is 0.267 e. The summed E-state index contributed by atoms with van der Waals surface area (Å²) in [5.74, 6) is 0.670. The zero-order chi connectivity index (χ0) is 24.4. The zero-order valence-corrected chi connectivity index (χ0v) is 20.4. The lowest BCUT2D eigenvalue weighted by Crippen LogP contribution is -2.31. The van der Waals surface area contributed by atoms with Crippen LogP contribution in [0.2, 0.25) is 0 Å². The molecule has 2 aromatic heterocycles. The number of thioether (sulfide) groups is 1. The molecule has 1 amide bonds. The molecule has 0 aliphatic heterocycles. The van der Waals surface area contributed by atoms with Crippen LogP contribution >= 0.6 is 11.8 Å². The molecule has 0 unspecified atom stereocenters. The number of aryl methyl sites for hydroxylation is 1. The first-order valence-electron chi connectivity index (χ1n) is 11.5. The third-order valence-electron chi connectivity index (χ3n) is 6.03. The van der Waals surface area contributed by atoms with Crippen molar-refractivity contribution in [1.29, 1.82) is 0 Å². The van der Waals surface area contributed by atoms with E-state index in [9.17, 15) is 9.59 Å². The van der Waals surface area contributed by atoms with Crippen LogP contribution in [-0.2, 0) is 11.3 Å². The Morgan fingerprint density at radius 1 is 0.943 bits per heavy atom. The molecular weight excluding hydrogens is 458 g/mol. The zero-order valence-electron chi connectivity index (χ0n) is 19.6. The van der Waals surface area contributed by atoms with Crippen LogP contribution in [0.1, 0.15) is 18.1 Å². The predicted molar refractivity (Wildman–Crippen MR) is 139 cm³/mol. The van der Waals surface area contributed by atoms with Gasteiger partial charge in [-0.3, -0.25) is 14.0 Å². The van der Waals surface area contributed by atoms with E-state index in [2.05, 4.69) is 10.2 Å². The Bertz CT molecular complexity index is 1580. The van der Waals surface area contributed by atoms with Crippen molar-refractivity contribution < 1.29 is 4.79 Å². The molecule has 0 N–H and O–H groups in total. The van der Waals surface area contributed by atoms with E-state index in [0.717, 1.165) is 16.8 Å². The number of benzene rings is 3. The van der Waals surface area contributed by atoms with Gasteiger partial charge in [-0.25, -0.2) is 4.57 Å². The van der Waals surface area contributed by atoms with E-state index < -0.39 is 0 Å². The van der Waals surface area contributed by atoms with E-state index in [1.54, 1.807) is 4.57 Å². The van der Waals surface area contributed by atoms with Crippen molar-refractivity contribution in [3.05, 3.63) is 100 Å². The van der Waals surface area contributed by atoms with Crippen LogP contribution in [0, 0.1) is 6.92 Å². The molecule has 5 aromatic rings. The van der Waals surface area contributed by atoms with Crippen LogP contribution < -0.4 is 5.56 Å². The molecule has 0 radical (unpaired) electrons. The number of carbonyl (C=O) groups is 1. The van der Waals surface area contributed by atoms with Crippen molar-refractivity contribution >= 4 is 34.3 Å². The summed E-state index contributed by atoms with van der Waals surface area (Å²) in [5, 5.41) is 9.91. The minimum Gasteiger partial charge on any atom is -0.338 e. The molecule has 0 spiro atoms. The van der Waals surface area contributed by atoms with Gasteiger partial charge in [0.15, 0.2) is 5.16 Å². The Hall–Kier alpha value is -3.91. The van der Waals surface area contributed by atoms with E-state index in [0.29, 0.717) is 34.9 Å². The topological polar surface area (TPSA) is 72.5 Å². The Morgan fingerprint density at radius 2 is 1.66 bits per heavy atom. The molecule has 7 nitrogen and oxygen atoms in total. The van der Waals surface area contributed by atoms with Crippen molar-refractivity contribution in [2.45, 2.75) is 25.5 Å².